The summed E-state index contributed by atoms with van der Waals surface area (Å²) in [5, 5.41) is 0. The zero-order valence-electron chi connectivity index (χ0n) is 13.7. The molecular formula is C18H27N3O2. The lowest BCUT2D eigenvalue weighted by Gasteiger charge is -2.26. The van der Waals surface area contributed by atoms with Gasteiger partial charge in [-0.15, -0.1) is 0 Å². The van der Waals surface area contributed by atoms with Crippen LogP contribution in [-0.2, 0) is 11.3 Å². The van der Waals surface area contributed by atoms with Crippen LogP contribution in [0, 0.1) is 0 Å². The van der Waals surface area contributed by atoms with E-state index in [0.29, 0.717) is 18.7 Å². The smallest absolute Gasteiger partial charge is 0.410 e. The molecule has 0 bridgehead atoms. The Morgan fingerprint density at radius 2 is 1.96 bits per heavy atom. The molecule has 1 aromatic carbocycles. The topological polar surface area (TPSA) is 58.8 Å². The molecule has 0 unspecified atom stereocenters. The minimum absolute atomic E-state index is 0.187. The normalized spacial score (nSPS) is 26.0. The molecule has 3 rings (SSSR count). The fourth-order valence-electron chi connectivity index (χ4n) is 3.58. The maximum Gasteiger partial charge on any atom is 0.410 e. The van der Waals surface area contributed by atoms with Crippen LogP contribution in [0.15, 0.2) is 30.3 Å². The molecule has 1 amide bonds. The molecule has 5 heteroatoms. The highest BCUT2D eigenvalue weighted by Gasteiger charge is 2.29. The third-order valence-corrected chi connectivity index (χ3v) is 4.93. The summed E-state index contributed by atoms with van der Waals surface area (Å²) < 4.78 is 5.45. The zero-order valence-corrected chi connectivity index (χ0v) is 13.7. The summed E-state index contributed by atoms with van der Waals surface area (Å²) in [6.07, 6.45) is 4.12. The first-order valence-corrected chi connectivity index (χ1v) is 8.67. The van der Waals surface area contributed by atoms with Crippen molar-refractivity contribution in [1.29, 1.82) is 0 Å². The average molecular weight is 317 g/mol. The number of likely N-dealkylation sites (tertiary alicyclic amines) is 2. The Labute approximate surface area is 138 Å². The second-order valence-corrected chi connectivity index (χ2v) is 6.66. The summed E-state index contributed by atoms with van der Waals surface area (Å²) in [4.78, 5) is 16.6. The molecular weight excluding hydrogens is 290 g/mol. The van der Waals surface area contributed by atoms with Gasteiger partial charge in [-0.2, -0.15) is 0 Å². The van der Waals surface area contributed by atoms with Gasteiger partial charge in [0, 0.05) is 38.3 Å². The van der Waals surface area contributed by atoms with Gasteiger partial charge in [0.1, 0.15) is 6.61 Å². The summed E-state index contributed by atoms with van der Waals surface area (Å²) in [6.45, 7) is 4.03. The largest absolute Gasteiger partial charge is 0.445 e. The van der Waals surface area contributed by atoms with Crippen LogP contribution in [0.3, 0.4) is 0 Å². The number of ether oxygens (including phenoxy) is 1. The summed E-state index contributed by atoms with van der Waals surface area (Å²) in [7, 11) is 0. The maximum absolute atomic E-state index is 12.3. The van der Waals surface area contributed by atoms with Gasteiger partial charge in [0.05, 0.1) is 0 Å². The van der Waals surface area contributed by atoms with Gasteiger partial charge in [0.25, 0.3) is 0 Å². The van der Waals surface area contributed by atoms with Gasteiger partial charge in [0.15, 0.2) is 0 Å². The van der Waals surface area contributed by atoms with E-state index in [9.17, 15) is 4.79 Å². The van der Waals surface area contributed by atoms with E-state index in [1.807, 2.05) is 35.2 Å². The Balaban J connectivity index is 1.46. The van der Waals surface area contributed by atoms with Gasteiger partial charge < -0.3 is 15.4 Å². The van der Waals surface area contributed by atoms with E-state index in [-0.39, 0.29) is 6.09 Å². The van der Waals surface area contributed by atoms with E-state index in [4.69, 9.17) is 10.5 Å². The number of carbonyl (C=O) groups excluding carboxylic acids is 1. The van der Waals surface area contributed by atoms with Crippen molar-refractivity contribution < 1.29 is 9.53 Å². The molecule has 126 valence electrons. The summed E-state index contributed by atoms with van der Waals surface area (Å²) in [5.74, 6) is 0. The molecule has 5 nitrogen and oxygen atoms in total. The predicted molar refractivity (Wildman–Crippen MR) is 90.0 cm³/mol. The SMILES string of the molecule is N[C@@H]1CCN([C@@H]2CCCN(C(=O)OCc3ccccc3)CC2)C1. The van der Waals surface area contributed by atoms with E-state index < -0.39 is 0 Å². The average Bonchev–Trinajstić information content (AvgIpc) is 2.86. The molecule has 2 N–H and O–H groups in total. The lowest BCUT2D eigenvalue weighted by atomic mass is 10.1. The number of nitrogens with two attached hydrogens (primary N) is 1. The summed E-state index contributed by atoms with van der Waals surface area (Å²) >= 11 is 0. The highest BCUT2D eigenvalue weighted by Crippen LogP contribution is 2.21. The van der Waals surface area contributed by atoms with Crippen molar-refractivity contribution >= 4 is 6.09 Å². The summed E-state index contributed by atoms with van der Waals surface area (Å²) in [6, 6.07) is 10.7. The van der Waals surface area contributed by atoms with E-state index in [2.05, 4.69) is 4.90 Å². The highest BCUT2D eigenvalue weighted by atomic mass is 16.6. The van der Waals surface area contributed by atoms with Gasteiger partial charge in [-0.1, -0.05) is 30.3 Å². The number of amides is 1. The van der Waals surface area contributed by atoms with Crippen LogP contribution in [0.25, 0.3) is 0 Å². The van der Waals surface area contributed by atoms with Gasteiger partial charge >= 0.3 is 6.09 Å². The number of benzene rings is 1. The molecule has 2 atom stereocenters. The van der Waals surface area contributed by atoms with Crippen LogP contribution < -0.4 is 5.73 Å². The maximum atomic E-state index is 12.3. The van der Waals surface area contributed by atoms with Crippen LogP contribution >= 0.6 is 0 Å². The Morgan fingerprint density at radius 1 is 1.13 bits per heavy atom. The van der Waals surface area contributed by atoms with Crippen LogP contribution in [0.4, 0.5) is 4.79 Å². The van der Waals surface area contributed by atoms with E-state index in [0.717, 1.165) is 57.4 Å². The number of hydrogen-bond donors (Lipinski definition) is 1. The first-order valence-electron chi connectivity index (χ1n) is 8.67. The first kappa shape index (κ1) is 16.3. The third-order valence-electron chi connectivity index (χ3n) is 4.93. The number of carbonyl (C=O) groups is 1. The van der Waals surface area contributed by atoms with Crippen molar-refractivity contribution in [2.75, 3.05) is 26.2 Å². The molecule has 2 fully saturated rings. The molecule has 1 aromatic rings. The Bertz CT molecular complexity index is 508. The zero-order chi connectivity index (χ0) is 16.1. The van der Waals surface area contributed by atoms with E-state index in [1.54, 1.807) is 0 Å². The Morgan fingerprint density at radius 3 is 2.70 bits per heavy atom. The van der Waals surface area contributed by atoms with Gasteiger partial charge in [0.2, 0.25) is 0 Å². The molecule has 0 radical (unpaired) electrons. The van der Waals surface area contributed by atoms with Crippen LogP contribution in [0.5, 0.6) is 0 Å². The van der Waals surface area contributed by atoms with Crippen LogP contribution in [0.2, 0.25) is 0 Å². The third kappa shape index (κ3) is 4.45. The van der Waals surface area contributed by atoms with E-state index in [1.165, 1.54) is 0 Å². The summed E-state index contributed by atoms with van der Waals surface area (Å²) in [5.41, 5.74) is 7.04. The quantitative estimate of drug-likeness (QED) is 0.928. The number of nitrogens with zero attached hydrogens (tertiary/aromatic N) is 2. The van der Waals surface area contributed by atoms with Crippen molar-refractivity contribution in [2.24, 2.45) is 5.73 Å². The molecule has 2 aliphatic rings. The molecule has 0 aromatic heterocycles. The number of rotatable bonds is 3. The molecule has 2 saturated heterocycles. The lowest BCUT2D eigenvalue weighted by molar-refractivity contribution is 0.0964. The van der Waals surface area contributed by atoms with Crippen molar-refractivity contribution in [1.82, 2.24) is 9.80 Å². The number of hydrogen-bond acceptors (Lipinski definition) is 4. The fraction of sp³-hybridized carbons (Fsp3) is 0.611. The molecule has 0 aliphatic carbocycles. The minimum Gasteiger partial charge on any atom is -0.445 e. The molecule has 23 heavy (non-hydrogen) atoms. The first-order chi connectivity index (χ1) is 11.2. The molecule has 2 aliphatic heterocycles. The molecule has 0 spiro atoms. The predicted octanol–water partition coefficient (Wildman–Crippen LogP) is 2.21. The van der Waals surface area contributed by atoms with Gasteiger partial charge in [-0.25, -0.2) is 4.79 Å². The van der Waals surface area contributed by atoms with Crippen molar-refractivity contribution in [3.05, 3.63) is 35.9 Å². The Kier molecular flexibility index (Phi) is 5.51. The molecule has 0 saturated carbocycles. The van der Waals surface area contributed by atoms with Crippen LogP contribution in [-0.4, -0.2) is 54.2 Å². The minimum atomic E-state index is -0.187. The second-order valence-electron chi connectivity index (χ2n) is 6.66. The highest BCUT2D eigenvalue weighted by molar-refractivity contribution is 5.67. The van der Waals surface area contributed by atoms with E-state index >= 15 is 0 Å². The van der Waals surface area contributed by atoms with Gasteiger partial charge in [-0.05, 0) is 31.2 Å². The Hall–Kier alpha value is -1.59. The van der Waals surface area contributed by atoms with Crippen LogP contribution in [0.1, 0.15) is 31.2 Å². The van der Waals surface area contributed by atoms with Crippen molar-refractivity contribution in [3.8, 4) is 0 Å². The fourth-order valence-corrected chi connectivity index (χ4v) is 3.58. The van der Waals surface area contributed by atoms with Crippen molar-refractivity contribution in [2.45, 2.75) is 44.4 Å². The van der Waals surface area contributed by atoms with Gasteiger partial charge in [-0.3, -0.25) is 4.90 Å². The standard InChI is InChI=1S/C18H27N3O2/c19-16-8-11-21(13-16)17-7-4-10-20(12-9-17)18(22)23-14-15-5-2-1-3-6-15/h1-3,5-6,16-17H,4,7-14,19H2/t16-,17-/m1/s1. The lowest BCUT2D eigenvalue weighted by Crippen LogP contribution is -2.37. The molecule has 2 heterocycles. The van der Waals surface area contributed by atoms with Crippen molar-refractivity contribution in [3.63, 3.8) is 0 Å². The second kappa shape index (κ2) is 7.79. The monoisotopic (exact) mass is 317 g/mol.